The molecule has 0 spiro atoms. The molecule has 0 aliphatic heterocycles. The second kappa shape index (κ2) is 5.34. The number of nitrogens with two attached hydrogens (primary N) is 1. The normalized spacial score (nSPS) is 11.3. The van der Waals surface area contributed by atoms with Crippen LogP contribution in [0.4, 0.5) is 11.4 Å². The third-order valence-corrected chi connectivity index (χ3v) is 4.57. The van der Waals surface area contributed by atoms with E-state index in [-0.39, 0.29) is 10.6 Å². The maximum atomic E-state index is 12.4. The number of hydrogen-bond donors (Lipinski definition) is 2. The lowest BCUT2D eigenvalue weighted by Gasteiger charge is -2.12. The molecule has 0 radical (unpaired) electrons. The summed E-state index contributed by atoms with van der Waals surface area (Å²) >= 11 is 5.88. The van der Waals surface area contributed by atoms with Gasteiger partial charge in [-0.05, 0) is 49.2 Å². The average Bonchev–Trinajstić information content (AvgIpc) is 2.33. The Hall–Kier alpha value is -1.72. The SMILES string of the molecule is Cc1ccc(S(=O)(=O)Nc2cc(Cl)ccc2C)c(N)c1. The van der Waals surface area contributed by atoms with E-state index in [1.165, 1.54) is 6.07 Å². The zero-order valence-corrected chi connectivity index (χ0v) is 12.7. The molecule has 0 saturated heterocycles. The van der Waals surface area contributed by atoms with Crippen molar-refractivity contribution in [1.82, 2.24) is 0 Å². The van der Waals surface area contributed by atoms with Crippen LogP contribution in [0, 0.1) is 13.8 Å². The molecular formula is C14H15ClN2O2S. The molecule has 20 heavy (non-hydrogen) atoms. The Balaban J connectivity index is 2.43. The number of halogens is 1. The van der Waals surface area contributed by atoms with Gasteiger partial charge in [0.2, 0.25) is 0 Å². The molecule has 3 N–H and O–H groups in total. The van der Waals surface area contributed by atoms with Crippen molar-refractivity contribution >= 4 is 33.0 Å². The second-order valence-electron chi connectivity index (χ2n) is 4.61. The van der Waals surface area contributed by atoms with Crippen molar-refractivity contribution in [2.45, 2.75) is 18.7 Å². The third kappa shape index (κ3) is 3.05. The van der Waals surface area contributed by atoms with Crippen LogP contribution in [0.2, 0.25) is 5.02 Å². The third-order valence-electron chi connectivity index (χ3n) is 2.90. The molecule has 2 aromatic rings. The van der Waals surface area contributed by atoms with Gasteiger partial charge in [-0.1, -0.05) is 23.7 Å². The number of rotatable bonds is 3. The summed E-state index contributed by atoms with van der Waals surface area (Å²) in [5.41, 5.74) is 8.13. The molecule has 2 rings (SSSR count). The fraction of sp³-hybridized carbons (Fsp3) is 0.143. The summed E-state index contributed by atoms with van der Waals surface area (Å²) in [4.78, 5) is 0.0578. The van der Waals surface area contributed by atoms with Crippen LogP contribution in [0.1, 0.15) is 11.1 Å². The van der Waals surface area contributed by atoms with E-state index in [0.29, 0.717) is 10.7 Å². The highest BCUT2D eigenvalue weighted by Gasteiger charge is 2.18. The maximum absolute atomic E-state index is 12.4. The zero-order chi connectivity index (χ0) is 14.9. The summed E-state index contributed by atoms with van der Waals surface area (Å²) in [6.45, 7) is 3.65. The van der Waals surface area contributed by atoms with Crippen molar-refractivity contribution in [2.75, 3.05) is 10.5 Å². The molecule has 2 aromatic carbocycles. The van der Waals surface area contributed by atoms with Gasteiger partial charge in [0.15, 0.2) is 0 Å². The largest absolute Gasteiger partial charge is 0.398 e. The van der Waals surface area contributed by atoms with Gasteiger partial charge in [0.05, 0.1) is 11.4 Å². The topological polar surface area (TPSA) is 72.2 Å². The van der Waals surface area contributed by atoms with Gasteiger partial charge in [-0.2, -0.15) is 0 Å². The van der Waals surface area contributed by atoms with E-state index >= 15 is 0 Å². The second-order valence-corrected chi connectivity index (χ2v) is 6.69. The minimum absolute atomic E-state index is 0.0578. The minimum atomic E-state index is -3.73. The van der Waals surface area contributed by atoms with Gasteiger partial charge in [0.1, 0.15) is 4.90 Å². The first-order chi connectivity index (χ1) is 9.29. The van der Waals surface area contributed by atoms with Gasteiger partial charge in [-0.25, -0.2) is 8.42 Å². The highest BCUT2D eigenvalue weighted by molar-refractivity contribution is 7.92. The van der Waals surface area contributed by atoms with Crippen LogP contribution in [0.15, 0.2) is 41.3 Å². The van der Waals surface area contributed by atoms with Gasteiger partial charge in [0, 0.05) is 5.02 Å². The number of aryl methyl sites for hydroxylation is 2. The monoisotopic (exact) mass is 310 g/mol. The van der Waals surface area contributed by atoms with Crippen molar-refractivity contribution < 1.29 is 8.42 Å². The Bertz CT molecular complexity index is 758. The van der Waals surface area contributed by atoms with Crippen LogP contribution in [-0.2, 0) is 10.0 Å². The van der Waals surface area contributed by atoms with Crippen LogP contribution in [0.25, 0.3) is 0 Å². The smallest absolute Gasteiger partial charge is 0.263 e. The van der Waals surface area contributed by atoms with Gasteiger partial charge >= 0.3 is 0 Å². The van der Waals surface area contributed by atoms with Crippen LogP contribution in [-0.4, -0.2) is 8.42 Å². The lowest BCUT2D eigenvalue weighted by atomic mass is 10.2. The molecule has 0 unspecified atom stereocenters. The van der Waals surface area contributed by atoms with Crippen LogP contribution < -0.4 is 10.5 Å². The number of benzene rings is 2. The Labute approximate surface area is 123 Å². The quantitative estimate of drug-likeness (QED) is 0.854. The fourth-order valence-corrected chi connectivity index (χ4v) is 3.22. The summed E-state index contributed by atoms with van der Waals surface area (Å²) in [6, 6.07) is 9.84. The van der Waals surface area contributed by atoms with Crippen molar-refractivity contribution in [3.05, 3.63) is 52.5 Å². The molecule has 4 nitrogen and oxygen atoms in total. The maximum Gasteiger partial charge on any atom is 0.263 e. The Kier molecular flexibility index (Phi) is 3.92. The molecule has 6 heteroatoms. The molecule has 0 atom stereocenters. The van der Waals surface area contributed by atoms with E-state index < -0.39 is 10.0 Å². The Morgan fingerprint density at radius 2 is 1.80 bits per heavy atom. The first-order valence-electron chi connectivity index (χ1n) is 5.95. The first-order valence-corrected chi connectivity index (χ1v) is 7.81. The summed E-state index contributed by atoms with van der Waals surface area (Å²) in [5.74, 6) is 0. The number of hydrogen-bond acceptors (Lipinski definition) is 3. The van der Waals surface area contributed by atoms with E-state index in [9.17, 15) is 8.42 Å². The van der Waals surface area contributed by atoms with E-state index in [1.54, 1.807) is 37.3 Å². The van der Waals surface area contributed by atoms with Crippen LogP contribution in [0.3, 0.4) is 0 Å². The predicted molar refractivity (Wildman–Crippen MR) is 82.6 cm³/mol. The van der Waals surface area contributed by atoms with Gasteiger partial charge in [0.25, 0.3) is 10.0 Å². The number of nitrogens with one attached hydrogen (secondary N) is 1. The molecular weight excluding hydrogens is 296 g/mol. The van der Waals surface area contributed by atoms with E-state index in [2.05, 4.69) is 4.72 Å². The number of sulfonamides is 1. The van der Waals surface area contributed by atoms with Gasteiger partial charge in [-0.15, -0.1) is 0 Å². The summed E-state index contributed by atoms with van der Waals surface area (Å²) in [6.07, 6.45) is 0. The Morgan fingerprint density at radius 3 is 2.45 bits per heavy atom. The lowest BCUT2D eigenvalue weighted by Crippen LogP contribution is -2.15. The van der Waals surface area contributed by atoms with E-state index in [0.717, 1.165) is 11.1 Å². The molecule has 0 aromatic heterocycles. The average molecular weight is 311 g/mol. The Morgan fingerprint density at radius 1 is 1.10 bits per heavy atom. The molecule has 0 fully saturated rings. The highest BCUT2D eigenvalue weighted by Crippen LogP contribution is 2.26. The van der Waals surface area contributed by atoms with Gasteiger partial charge < -0.3 is 5.73 Å². The predicted octanol–water partition coefficient (Wildman–Crippen LogP) is 3.34. The molecule has 0 aliphatic carbocycles. The molecule has 106 valence electrons. The lowest BCUT2D eigenvalue weighted by molar-refractivity contribution is 0.601. The summed E-state index contributed by atoms with van der Waals surface area (Å²) in [7, 11) is -3.73. The standard InChI is InChI=1S/C14H15ClN2O2S/c1-9-3-6-14(12(16)7-9)20(18,19)17-13-8-11(15)5-4-10(13)2/h3-8,17H,16H2,1-2H3. The first kappa shape index (κ1) is 14.7. The van der Waals surface area contributed by atoms with Crippen LogP contribution >= 0.6 is 11.6 Å². The van der Waals surface area contributed by atoms with Crippen molar-refractivity contribution in [3.63, 3.8) is 0 Å². The summed E-state index contributed by atoms with van der Waals surface area (Å²) in [5, 5.41) is 0.463. The van der Waals surface area contributed by atoms with E-state index in [1.807, 2.05) is 6.92 Å². The number of anilines is 2. The molecule has 0 heterocycles. The zero-order valence-electron chi connectivity index (χ0n) is 11.1. The molecule has 0 saturated carbocycles. The van der Waals surface area contributed by atoms with Crippen molar-refractivity contribution in [2.24, 2.45) is 0 Å². The van der Waals surface area contributed by atoms with Crippen LogP contribution in [0.5, 0.6) is 0 Å². The minimum Gasteiger partial charge on any atom is -0.398 e. The highest BCUT2D eigenvalue weighted by atomic mass is 35.5. The van der Waals surface area contributed by atoms with Gasteiger partial charge in [-0.3, -0.25) is 4.72 Å². The van der Waals surface area contributed by atoms with Crippen molar-refractivity contribution in [3.8, 4) is 0 Å². The molecule has 0 bridgehead atoms. The molecule has 0 amide bonds. The number of nitrogen functional groups attached to an aromatic ring is 1. The fourth-order valence-electron chi connectivity index (χ4n) is 1.82. The van der Waals surface area contributed by atoms with E-state index in [4.69, 9.17) is 17.3 Å². The van der Waals surface area contributed by atoms with Crippen molar-refractivity contribution in [1.29, 1.82) is 0 Å². The summed E-state index contributed by atoms with van der Waals surface area (Å²) < 4.78 is 27.2. The molecule has 0 aliphatic rings.